The van der Waals surface area contributed by atoms with Gasteiger partial charge in [0.1, 0.15) is 23.2 Å². The van der Waals surface area contributed by atoms with Gasteiger partial charge in [-0.1, -0.05) is 45.4 Å². The summed E-state index contributed by atoms with van der Waals surface area (Å²) in [5.41, 5.74) is -0.873. The first-order chi connectivity index (χ1) is 12.5. The van der Waals surface area contributed by atoms with Gasteiger partial charge in [-0.3, -0.25) is 9.59 Å². The lowest BCUT2D eigenvalue weighted by atomic mass is 10.1. The summed E-state index contributed by atoms with van der Waals surface area (Å²) in [6, 6.07) is 4.29. The normalized spacial score (nSPS) is 10.8. The highest BCUT2D eigenvalue weighted by atomic mass is 16.5. The highest BCUT2D eigenvalue weighted by Gasteiger charge is 2.14. The van der Waals surface area contributed by atoms with Crippen molar-refractivity contribution in [1.82, 2.24) is 0 Å². The lowest BCUT2D eigenvalue weighted by Gasteiger charge is -2.06. The number of hydrogen-bond donors (Lipinski definition) is 1. The van der Waals surface area contributed by atoms with E-state index in [1.165, 1.54) is 43.9 Å². The van der Waals surface area contributed by atoms with E-state index < -0.39 is 17.0 Å². The van der Waals surface area contributed by atoms with E-state index in [2.05, 4.69) is 6.92 Å². The van der Waals surface area contributed by atoms with Crippen LogP contribution in [0.2, 0.25) is 0 Å². The second kappa shape index (κ2) is 9.75. The number of unbranched alkanes of at least 4 members (excludes halogenated alkanes) is 6. The second-order valence-electron chi connectivity index (χ2n) is 6.29. The van der Waals surface area contributed by atoms with E-state index in [9.17, 15) is 14.4 Å². The molecule has 0 aliphatic rings. The van der Waals surface area contributed by atoms with E-state index in [0.29, 0.717) is 6.42 Å². The summed E-state index contributed by atoms with van der Waals surface area (Å²) >= 11 is 0. The maximum absolute atomic E-state index is 12.0. The fourth-order valence-electron chi connectivity index (χ4n) is 2.73. The van der Waals surface area contributed by atoms with Crippen LogP contribution in [0.15, 0.2) is 33.7 Å². The van der Waals surface area contributed by atoms with Crippen LogP contribution in [0.1, 0.15) is 68.6 Å². The lowest BCUT2D eigenvalue weighted by molar-refractivity contribution is -0.134. The molecule has 6 heteroatoms. The van der Waals surface area contributed by atoms with Crippen LogP contribution in [0.3, 0.4) is 0 Å². The molecule has 26 heavy (non-hydrogen) atoms. The zero-order chi connectivity index (χ0) is 18.9. The molecule has 0 unspecified atom stereocenters. The van der Waals surface area contributed by atoms with Crippen molar-refractivity contribution in [2.24, 2.45) is 0 Å². The van der Waals surface area contributed by atoms with Crippen molar-refractivity contribution >= 4 is 22.9 Å². The highest BCUT2D eigenvalue weighted by Crippen LogP contribution is 2.20. The maximum Gasteiger partial charge on any atom is 0.342 e. The van der Waals surface area contributed by atoms with Crippen molar-refractivity contribution in [1.29, 1.82) is 0 Å². The van der Waals surface area contributed by atoms with E-state index in [0.717, 1.165) is 25.5 Å². The molecule has 6 nitrogen and oxygen atoms in total. The first kappa shape index (κ1) is 19.7. The summed E-state index contributed by atoms with van der Waals surface area (Å²) in [6.45, 7) is 2.18. The van der Waals surface area contributed by atoms with Crippen LogP contribution in [0.4, 0.5) is 0 Å². The largest absolute Gasteiger partial charge is 0.477 e. The van der Waals surface area contributed by atoms with Gasteiger partial charge in [0.2, 0.25) is 5.43 Å². The lowest BCUT2D eigenvalue weighted by Crippen LogP contribution is -2.14. The van der Waals surface area contributed by atoms with Crippen LogP contribution in [-0.4, -0.2) is 17.0 Å². The molecule has 1 heterocycles. The number of fused-ring (bicyclic) bond motifs is 1. The van der Waals surface area contributed by atoms with Gasteiger partial charge in [-0.25, -0.2) is 4.79 Å². The number of carbonyl (C=O) groups is 2. The molecule has 2 rings (SSSR count). The molecule has 0 bridgehead atoms. The molecule has 2 aromatic rings. The Morgan fingerprint density at radius 2 is 1.77 bits per heavy atom. The van der Waals surface area contributed by atoms with E-state index in [1.54, 1.807) is 0 Å². The highest BCUT2D eigenvalue weighted by molar-refractivity contribution is 5.91. The third kappa shape index (κ3) is 5.44. The van der Waals surface area contributed by atoms with E-state index in [1.807, 2.05) is 0 Å². The summed E-state index contributed by atoms with van der Waals surface area (Å²) in [6.07, 6.45) is 9.08. The predicted molar refractivity (Wildman–Crippen MR) is 97.7 cm³/mol. The minimum atomic E-state index is -1.34. The van der Waals surface area contributed by atoms with Crippen LogP contribution in [0, 0.1) is 0 Å². The molecule has 140 valence electrons. The molecule has 1 N–H and O–H groups in total. The smallest absolute Gasteiger partial charge is 0.342 e. The molecule has 1 aromatic carbocycles. The molecule has 0 aliphatic carbocycles. The number of hydrogen-bond acceptors (Lipinski definition) is 5. The van der Waals surface area contributed by atoms with Gasteiger partial charge in [0, 0.05) is 12.5 Å². The topological polar surface area (TPSA) is 93.8 Å². The number of rotatable bonds is 10. The van der Waals surface area contributed by atoms with Crippen molar-refractivity contribution in [2.75, 3.05) is 0 Å². The Labute approximate surface area is 151 Å². The Morgan fingerprint density at radius 1 is 1.08 bits per heavy atom. The summed E-state index contributed by atoms with van der Waals surface area (Å²) in [7, 11) is 0. The van der Waals surface area contributed by atoms with Crippen molar-refractivity contribution in [3.8, 4) is 5.75 Å². The third-order valence-electron chi connectivity index (χ3n) is 4.19. The fraction of sp³-hybridized carbons (Fsp3) is 0.450. The molecule has 0 radical (unpaired) electrons. The van der Waals surface area contributed by atoms with Gasteiger partial charge in [-0.05, 0) is 18.6 Å². The van der Waals surface area contributed by atoms with E-state index in [4.69, 9.17) is 14.3 Å². The first-order valence-corrected chi connectivity index (χ1v) is 9.02. The van der Waals surface area contributed by atoms with Crippen LogP contribution in [0.5, 0.6) is 5.75 Å². The van der Waals surface area contributed by atoms with Crippen molar-refractivity contribution in [3.63, 3.8) is 0 Å². The van der Waals surface area contributed by atoms with Gasteiger partial charge in [-0.2, -0.15) is 0 Å². The van der Waals surface area contributed by atoms with Gasteiger partial charge in [-0.15, -0.1) is 0 Å². The van der Waals surface area contributed by atoms with Crippen molar-refractivity contribution < 1.29 is 23.8 Å². The second-order valence-corrected chi connectivity index (χ2v) is 6.29. The van der Waals surface area contributed by atoms with Crippen molar-refractivity contribution in [3.05, 3.63) is 40.2 Å². The molecule has 0 saturated carbocycles. The first-order valence-electron chi connectivity index (χ1n) is 9.02. The van der Waals surface area contributed by atoms with Gasteiger partial charge in [0.25, 0.3) is 0 Å². The number of ether oxygens (including phenoxy) is 1. The molecular formula is C20H24O6. The number of carbonyl (C=O) groups excluding carboxylic acids is 1. The summed E-state index contributed by atoms with van der Waals surface area (Å²) < 4.78 is 10.4. The van der Waals surface area contributed by atoms with Crippen molar-refractivity contribution in [2.45, 2.75) is 58.3 Å². The van der Waals surface area contributed by atoms with Crippen LogP contribution >= 0.6 is 0 Å². The van der Waals surface area contributed by atoms with E-state index >= 15 is 0 Å². The molecular weight excluding hydrogens is 336 g/mol. The Bertz CT molecular complexity index is 821. The molecule has 0 fully saturated rings. The Balaban J connectivity index is 1.88. The van der Waals surface area contributed by atoms with Crippen LogP contribution in [-0.2, 0) is 4.79 Å². The Morgan fingerprint density at radius 3 is 2.46 bits per heavy atom. The number of carboxylic acid groups (broad SMARTS) is 1. The zero-order valence-corrected chi connectivity index (χ0v) is 15.0. The van der Waals surface area contributed by atoms with Gasteiger partial charge in [0.05, 0.1) is 5.39 Å². The predicted octanol–water partition coefficient (Wildman–Crippen LogP) is 4.54. The molecule has 0 spiro atoms. The van der Waals surface area contributed by atoms with Gasteiger partial charge < -0.3 is 14.3 Å². The average molecular weight is 360 g/mol. The fourth-order valence-corrected chi connectivity index (χ4v) is 2.73. The third-order valence-corrected chi connectivity index (χ3v) is 4.19. The number of carboxylic acids is 1. The molecule has 0 amide bonds. The Hall–Kier alpha value is -2.63. The maximum atomic E-state index is 12.0. The number of benzene rings is 1. The SMILES string of the molecule is CCCCCCCCCC(=O)Oc1ccc2c(=O)c(C(=O)O)coc2c1. The molecule has 0 aliphatic heterocycles. The van der Waals surface area contributed by atoms with Gasteiger partial charge >= 0.3 is 11.9 Å². The average Bonchev–Trinajstić information content (AvgIpc) is 2.61. The Kier molecular flexibility index (Phi) is 7.38. The molecule has 0 saturated heterocycles. The number of esters is 1. The van der Waals surface area contributed by atoms with Crippen LogP contribution < -0.4 is 10.2 Å². The number of aromatic carboxylic acids is 1. The zero-order valence-electron chi connectivity index (χ0n) is 15.0. The monoisotopic (exact) mass is 360 g/mol. The minimum Gasteiger partial charge on any atom is -0.477 e. The van der Waals surface area contributed by atoms with Crippen LogP contribution in [0.25, 0.3) is 11.0 Å². The summed E-state index contributed by atoms with van der Waals surface area (Å²) in [5, 5.41) is 9.07. The summed E-state index contributed by atoms with van der Waals surface area (Å²) in [5.74, 6) is -1.40. The van der Waals surface area contributed by atoms with E-state index in [-0.39, 0.29) is 22.7 Å². The quantitative estimate of drug-likeness (QED) is 0.380. The summed E-state index contributed by atoms with van der Waals surface area (Å²) in [4.78, 5) is 34.9. The minimum absolute atomic E-state index is 0.136. The van der Waals surface area contributed by atoms with Gasteiger partial charge in [0.15, 0.2) is 0 Å². The molecule has 0 atom stereocenters. The standard InChI is InChI=1S/C20H24O6/c1-2-3-4-5-6-7-8-9-18(21)26-14-10-11-15-17(12-14)25-13-16(19(15)22)20(23)24/h10-13H,2-9H2,1H3,(H,23,24). The molecule has 1 aromatic heterocycles.